The van der Waals surface area contributed by atoms with Crippen molar-refractivity contribution >= 4 is 29.1 Å². The minimum absolute atomic E-state index is 0.0313. The van der Waals surface area contributed by atoms with Crippen LogP contribution >= 0.6 is 23.2 Å². The second-order valence-corrected chi connectivity index (χ2v) is 6.78. The highest BCUT2D eigenvalue weighted by molar-refractivity contribution is 6.35. The molecule has 0 aromatic heterocycles. The van der Waals surface area contributed by atoms with E-state index in [1.54, 1.807) is 14.0 Å². The molecule has 7 heteroatoms. The molecule has 0 heterocycles. The standard InChI is InChI=1S/C19H21Cl2FN2O2/c1-11(15-8-18(22)17(21)9-16(15)20)24-12(2)19(25)23-10-13-4-6-14(26-3)7-5-13/h4-9,11-12,24H,10H2,1-3H3,(H,23,25)/t11-,12-/m0/s1. The van der Waals surface area contributed by atoms with Gasteiger partial charge in [-0.1, -0.05) is 35.3 Å². The van der Waals surface area contributed by atoms with Crippen molar-refractivity contribution in [3.63, 3.8) is 0 Å². The third-order valence-electron chi connectivity index (χ3n) is 4.03. The van der Waals surface area contributed by atoms with E-state index in [0.29, 0.717) is 17.1 Å². The fourth-order valence-electron chi connectivity index (χ4n) is 2.50. The maximum atomic E-state index is 13.7. The molecule has 0 aliphatic rings. The predicted octanol–water partition coefficient (Wildman–Crippen LogP) is 4.50. The van der Waals surface area contributed by atoms with Crippen LogP contribution in [0, 0.1) is 5.82 Å². The van der Waals surface area contributed by atoms with E-state index in [4.69, 9.17) is 27.9 Å². The summed E-state index contributed by atoms with van der Waals surface area (Å²) in [6.45, 7) is 3.95. The maximum absolute atomic E-state index is 13.7. The van der Waals surface area contributed by atoms with Crippen molar-refractivity contribution in [3.05, 3.63) is 63.4 Å². The van der Waals surface area contributed by atoms with Crippen molar-refractivity contribution in [1.29, 1.82) is 0 Å². The van der Waals surface area contributed by atoms with Crippen LogP contribution in [0.25, 0.3) is 0 Å². The number of hydrogen-bond acceptors (Lipinski definition) is 3. The molecular formula is C19H21Cl2FN2O2. The average Bonchev–Trinajstić information content (AvgIpc) is 2.62. The molecule has 0 aliphatic carbocycles. The first-order valence-electron chi connectivity index (χ1n) is 8.13. The molecule has 2 aromatic carbocycles. The Labute approximate surface area is 162 Å². The topological polar surface area (TPSA) is 50.4 Å². The molecule has 26 heavy (non-hydrogen) atoms. The first-order chi connectivity index (χ1) is 12.3. The zero-order valence-corrected chi connectivity index (χ0v) is 16.3. The lowest BCUT2D eigenvalue weighted by atomic mass is 10.1. The van der Waals surface area contributed by atoms with Crippen molar-refractivity contribution < 1.29 is 13.9 Å². The minimum Gasteiger partial charge on any atom is -0.497 e. The number of amides is 1. The van der Waals surface area contributed by atoms with Crippen LogP contribution in [-0.4, -0.2) is 19.1 Å². The maximum Gasteiger partial charge on any atom is 0.237 e. The average molecular weight is 399 g/mol. The molecule has 2 aromatic rings. The predicted molar refractivity (Wildman–Crippen MR) is 102 cm³/mol. The van der Waals surface area contributed by atoms with Gasteiger partial charge in [0.2, 0.25) is 5.91 Å². The molecule has 0 fully saturated rings. The number of ether oxygens (including phenoxy) is 1. The lowest BCUT2D eigenvalue weighted by Crippen LogP contribution is -2.42. The molecule has 0 spiro atoms. The SMILES string of the molecule is COc1ccc(CNC(=O)[C@H](C)N[C@@H](C)c2cc(F)c(Cl)cc2Cl)cc1. The second-order valence-electron chi connectivity index (χ2n) is 5.96. The van der Waals surface area contributed by atoms with E-state index in [1.807, 2.05) is 31.2 Å². The van der Waals surface area contributed by atoms with Gasteiger partial charge in [-0.2, -0.15) is 0 Å². The second kappa shape index (κ2) is 9.21. The van der Waals surface area contributed by atoms with Gasteiger partial charge in [-0.05, 0) is 49.2 Å². The first-order valence-corrected chi connectivity index (χ1v) is 8.88. The Hall–Kier alpha value is -1.82. The molecule has 0 saturated carbocycles. The van der Waals surface area contributed by atoms with Crippen LogP contribution in [0.15, 0.2) is 36.4 Å². The van der Waals surface area contributed by atoms with Crippen molar-refractivity contribution in [2.24, 2.45) is 0 Å². The Bertz CT molecular complexity index is 769. The number of benzene rings is 2. The lowest BCUT2D eigenvalue weighted by molar-refractivity contribution is -0.123. The van der Waals surface area contributed by atoms with Crippen LogP contribution in [0.3, 0.4) is 0 Å². The summed E-state index contributed by atoms with van der Waals surface area (Å²) in [6, 6.07) is 9.27. The van der Waals surface area contributed by atoms with Crippen LogP contribution in [0.5, 0.6) is 5.75 Å². The van der Waals surface area contributed by atoms with Crippen LogP contribution in [-0.2, 0) is 11.3 Å². The van der Waals surface area contributed by atoms with Crippen molar-refractivity contribution in [2.75, 3.05) is 7.11 Å². The number of hydrogen-bond donors (Lipinski definition) is 2. The Morgan fingerprint density at radius 3 is 2.42 bits per heavy atom. The van der Waals surface area contributed by atoms with Gasteiger partial charge in [-0.15, -0.1) is 0 Å². The van der Waals surface area contributed by atoms with Crippen LogP contribution in [0.1, 0.15) is 31.0 Å². The Balaban J connectivity index is 1.92. The number of halogens is 3. The summed E-state index contributed by atoms with van der Waals surface area (Å²) in [6.07, 6.45) is 0. The van der Waals surface area contributed by atoms with Gasteiger partial charge in [-0.3, -0.25) is 10.1 Å². The largest absolute Gasteiger partial charge is 0.497 e. The van der Waals surface area contributed by atoms with Crippen molar-refractivity contribution in [2.45, 2.75) is 32.5 Å². The number of carbonyl (C=O) groups is 1. The van der Waals surface area contributed by atoms with Crippen LogP contribution in [0.2, 0.25) is 10.0 Å². The summed E-state index contributed by atoms with van der Waals surface area (Å²) in [5, 5.41) is 6.29. The molecule has 140 valence electrons. The van der Waals surface area contributed by atoms with Gasteiger partial charge < -0.3 is 10.1 Å². The van der Waals surface area contributed by atoms with E-state index in [-0.39, 0.29) is 17.0 Å². The van der Waals surface area contributed by atoms with Crippen LogP contribution in [0.4, 0.5) is 4.39 Å². The van der Waals surface area contributed by atoms with E-state index < -0.39 is 11.9 Å². The summed E-state index contributed by atoms with van der Waals surface area (Å²) in [5.41, 5.74) is 1.51. The molecule has 2 N–H and O–H groups in total. The van der Waals surface area contributed by atoms with Gasteiger partial charge in [0.25, 0.3) is 0 Å². The highest BCUT2D eigenvalue weighted by Crippen LogP contribution is 2.28. The molecule has 0 aliphatic heterocycles. The van der Waals surface area contributed by atoms with Gasteiger partial charge in [-0.25, -0.2) is 4.39 Å². The Morgan fingerprint density at radius 2 is 1.81 bits per heavy atom. The van der Waals surface area contributed by atoms with Gasteiger partial charge in [0.1, 0.15) is 11.6 Å². The third-order valence-corrected chi connectivity index (χ3v) is 4.64. The molecule has 4 nitrogen and oxygen atoms in total. The third kappa shape index (κ3) is 5.34. The van der Waals surface area contributed by atoms with Gasteiger partial charge in [0, 0.05) is 17.6 Å². The monoisotopic (exact) mass is 398 g/mol. The van der Waals surface area contributed by atoms with Crippen molar-refractivity contribution in [3.8, 4) is 5.75 Å². The smallest absolute Gasteiger partial charge is 0.237 e. The van der Waals surface area contributed by atoms with Crippen LogP contribution < -0.4 is 15.4 Å². The highest BCUT2D eigenvalue weighted by Gasteiger charge is 2.19. The summed E-state index contributed by atoms with van der Waals surface area (Å²) in [7, 11) is 1.60. The zero-order chi connectivity index (χ0) is 19.3. The molecule has 2 atom stereocenters. The fourth-order valence-corrected chi connectivity index (χ4v) is 3.04. The molecule has 0 unspecified atom stereocenters. The molecule has 0 saturated heterocycles. The van der Waals surface area contributed by atoms with E-state index >= 15 is 0 Å². The Morgan fingerprint density at radius 1 is 1.15 bits per heavy atom. The molecule has 0 radical (unpaired) electrons. The lowest BCUT2D eigenvalue weighted by Gasteiger charge is -2.21. The normalized spacial score (nSPS) is 13.2. The summed E-state index contributed by atoms with van der Waals surface area (Å²) in [4.78, 5) is 12.3. The van der Waals surface area contributed by atoms with Gasteiger partial charge in [0.05, 0.1) is 18.2 Å². The number of carbonyl (C=O) groups excluding carboxylic acids is 1. The highest BCUT2D eigenvalue weighted by atomic mass is 35.5. The number of nitrogens with one attached hydrogen (secondary N) is 2. The van der Waals surface area contributed by atoms with E-state index in [2.05, 4.69) is 10.6 Å². The van der Waals surface area contributed by atoms with E-state index in [0.717, 1.165) is 11.3 Å². The molecule has 0 bridgehead atoms. The van der Waals surface area contributed by atoms with Gasteiger partial charge in [0.15, 0.2) is 0 Å². The molecule has 2 rings (SSSR count). The van der Waals surface area contributed by atoms with Crippen molar-refractivity contribution in [1.82, 2.24) is 10.6 Å². The summed E-state index contributed by atoms with van der Waals surface area (Å²) in [5.74, 6) is 0.0468. The molecule has 1 amide bonds. The summed E-state index contributed by atoms with van der Waals surface area (Å²) < 4.78 is 18.8. The summed E-state index contributed by atoms with van der Waals surface area (Å²) >= 11 is 11.8. The van der Waals surface area contributed by atoms with Gasteiger partial charge >= 0.3 is 0 Å². The quantitative estimate of drug-likeness (QED) is 0.675. The first kappa shape index (κ1) is 20.5. The Kier molecular flexibility index (Phi) is 7.26. The van der Waals surface area contributed by atoms with E-state index in [9.17, 15) is 9.18 Å². The van der Waals surface area contributed by atoms with E-state index in [1.165, 1.54) is 12.1 Å². The fraction of sp³-hybridized carbons (Fsp3) is 0.316. The molecular weight excluding hydrogens is 378 g/mol. The zero-order valence-electron chi connectivity index (χ0n) is 14.8. The minimum atomic E-state index is -0.545. The number of rotatable bonds is 7. The number of methoxy groups -OCH3 is 1.